The summed E-state index contributed by atoms with van der Waals surface area (Å²) in [6, 6.07) is 0.259. The maximum absolute atomic E-state index is 10.6. The van der Waals surface area contributed by atoms with Gasteiger partial charge in [-0.25, -0.2) is 5.11 Å². The van der Waals surface area contributed by atoms with Gasteiger partial charge in [0.2, 0.25) is 0 Å². The van der Waals surface area contributed by atoms with Crippen LogP contribution in [0, 0.1) is 0 Å². The van der Waals surface area contributed by atoms with Crippen LogP contribution in [0.2, 0.25) is 0 Å². The van der Waals surface area contributed by atoms with Gasteiger partial charge in [0.1, 0.15) is 0 Å². The van der Waals surface area contributed by atoms with Crippen LogP contribution in [0.1, 0.15) is 27.2 Å². The van der Waals surface area contributed by atoms with Crippen LogP contribution in [0.3, 0.4) is 0 Å². The third kappa shape index (κ3) is 2.67. The molecule has 0 rings (SSSR count). The summed E-state index contributed by atoms with van der Waals surface area (Å²) < 4.78 is 0. The molecule has 0 heterocycles. The fraction of sp³-hybridized carbons (Fsp3) is 1.00. The highest BCUT2D eigenvalue weighted by Crippen LogP contribution is 2.01. The maximum Gasteiger partial charge on any atom is 0.0977 e. The van der Waals surface area contributed by atoms with E-state index in [0.717, 1.165) is 19.5 Å². The zero-order valence-corrected chi connectivity index (χ0v) is 7.26. The van der Waals surface area contributed by atoms with Crippen molar-refractivity contribution < 1.29 is 5.11 Å². The first kappa shape index (κ1) is 9.92. The topological polar surface area (TPSA) is 23.1 Å². The average Bonchev–Trinajstić information content (AvgIpc) is 2.00. The Bertz CT molecular complexity index is 57.7. The van der Waals surface area contributed by atoms with E-state index < -0.39 is 0 Å². The Labute approximate surface area is 63.8 Å². The van der Waals surface area contributed by atoms with Crippen molar-refractivity contribution in [1.82, 2.24) is 4.90 Å². The normalized spacial score (nSPS) is 14.1. The van der Waals surface area contributed by atoms with Gasteiger partial charge in [0.05, 0.1) is 6.61 Å². The summed E-state index contributed by atoms with van der Waals surface area (Å²) in [6.07, 6.45) is 0.977. The number of hydrogen-bond donors (Lipinski definition) is 0. The second-order valence-corrected chi connectivity index (χ2v) is 2.45. The largest absolute Gasteiger partial charge is 0.299 e. The zero-order chi connectivity index (χ0) is 7.98. The SMILES string of the molecule is CCC(C[O])N(CC)CC. The van der Waals surface area contributed by atoms with E-state index in [0.29, 0.717) is 0 Å². The summed E-state index contributed by atoms with van der Waals surface area (Å²) in [7, 11) is 0. The van der Waals surface area contributed by atoms with Gasteiger partial charge in [-0.2, -0.15) is 0 Å². The Morgan fingerprint density at radius 3 is 1.80 bits per heavy atom. The molecule has 1 atom stereocenters. The fourth-order valence-electron chi connectivity index (χ4n) is 1.22. The molecule has 0 aliphatic rings. The van der Waals surface area contributed by atoms with Crippen LogP contribution in [0.5, 0.6) is 0 Å². The van der Waals surface area contributed by atoms with Gasteiger partial charge >= 0.3 is 0 Å². The summed E-state index contributed by atoms with van der Waals surface area (Å²) in [4.78, 5) is 2.22. The molecule has 0 saturated heterocycles. The molecule has 10 heavy (non-hydrogen) atoms. The molecular weight excluding hydrogens is 126 g/mol. The van der Waals surface area contributed by atoms with Gasteiger partial charge in [-0.05, 0) is 19.5 Å². The second kappa shape index (κ2) is 5.69. The lowest BCUT2D eigenvalue weighted by Crippen LogP contribution is -2.36. The summed E-state index contributed by atoms with van der Waals surface area (Å²) in [5.74, 6) is 0. The minimum atomic E-state index is 0.0399. The van der Waals surface area contributed by atoms with Crippen LogP contribution in [0.4, 0.5) is 0 Å². The maximum atomic E-state index is 10.6. The molecule has 2 nitrogen and oxygen atoms in total. The van der Waals surface area contributed by atoms with E-state index in [4.69, 9.17) is 0 Å². The third-order valence-corrected chi connectivity index (χ3v) is 1.99. The van der Waals surface area contributed by atoms with Crippen LogP contribution < -0.4 is 0 Å². The van der Waals surface area contributed by atoms with E-state index in [2.05, 4.69) is 25.7 Å². The van der Waals surface area contributed by atoms with Crippen molar-refractivity contribution >= 4 is 0 Å². The molecule has 61 valence electrons. The lowest BCUT2D eigenvalue weighted by Gasteiger charge is -2.25. The second-order valence-electron chi connectivity index (χ2n) is 2.45. The van der Waals surface area contributed by atoms with Gasteiger partial charge in [0.15, 0.2) is 0 Å². The molecule has 1 unspecified atom stereocenters. The molecule has 0 fully saturated rings. The van der Waals surface area contributed by atoms with Gasteiger partial charge in [-0.3, -0.25) is 4.90 Å². The first-order valence-electron chi connectivity index (χ1n) is 4.12. The highest BCUT2D eigenvalue weighted by molar-refractivity contribution is 4.65. The standard InChI is InChI=1S/C8H18NO/c1-4-8(7-10)9(5-2)6-3/h8H,4-7H2,1-3H3. The summed E-state index contributed by atoms with van der Waals surface area (Å²) in [5, 5.41) is 10.6. The van der Waals surface area contributed by atoms with Gasteiger partial charge < -0.3 is 0 Å². The van der Waals surface area contributed by atoms with Crippen molar-refractivity contribution in [1.29, 1.82) is 0 Å². The summed E-state index contributed by atoms with van der Waals surface area (Å²) in [6.45, 7) is 8.30. The predicted molar refractivity (Wildman–Crippen MR) is 42.6 cm³/mol. The molecule has 1 radical (unpaired) electrons. The van der Waals surface area contributed by atoms with Crippen molar-refractivity contribution in [3.8, 4) is 0 Å². The van der Waals surface area contributed by atoms with Gasteiger partial charge in [-0.1, -0.05) is 20.8 Å². The highest BCUT2D eigenvalue weighted by Gasteiger charge is 2.11. The average molecular weight is 144 g/mol. The Morgan fingerprint density at radius 2 is 1.70 bits per heavy atom. The molecule has 0 spiro atoms. The minimum absolute atomic E-state index is 0.0399. The zero-order valence-electron chi connectivity index (χ0n) is 7.26. The van der Waals surface area contributed by atoms with Crippen molar-refractivity contribution in [2.24, 2.45) is 0 Å². The molecule has 0 aliphatic carbocycles. The van der Waals surface area contributed by atoms with E-state index in [1.54, 1.807) is 0 Å². The Hall–Kier alpha value is -0.0800. The fourth-order valence-corrected chi connectivity index (χ4v) is 1.22. The van der Waals surface area contributed by atoms with Crippen LogP contribution in [0.15, 0.2) is 0 Å². The number of nitrogens with zero attached hydrogens (tertiary/aromatic N) is 1. The van der Waals surface area contributed by atoms with Crippen molar-refractivity contribution in [3.05, 3.63) is 0 Å². The van der Waals surface area contributed by atoms with E-state index in [1.807, 2.05) is 0 Å². The van der Waals surface area contributed by atoms with Gasteiger partial charge in [0.25, 0.3) is 0 Å². The van der Waals surface area contributed by atoms with Crippen molar-refractivity contribution in [3.63, 3.8) is 0 Å². The van der Waals surface area contributed by atoms with Crippen LogP contribution in [0.25, 0.3) is 0 Å². The highest BCUT2D eigenvalue weighted by atomic mass is 16.3. The first-order valence-corrected chi connectivity index (χ1v) is 4.12. The first-order chi connectivity index (χ1) is 4.79. The van der Waals surface area contributed by atoms with Crippen LogP contribution in [-0.4, -0.2) is 30.6 Å². The molecular formula is C8H18NO. The smallest absolute Gasteiger partial charge is 0.0977 e. The van der Waals surface area contributed by atoms with Gasteiger partial charge in [0, 0.05) is 6.04 Å². The van der Waals surface area contributed by atoms with E-state index in [-0.39, 0.29) is 12.6 Å². The minimum Gasteiger partial charge on any atom is -0.299 e. The summed E-state index contributed by atoms with van der Waals surface area (Å²) in [5.41, 5.74) is 0. The third-order valence-electron chi connectivity index (χ3n) is 1.99. The number of likely N-dealkylation sites (N-methyl/N-ethyl adjacent to an activating group) is 1. The predicted octanol–water partition coefficient (Wildman–Crippen LogP) is 1.54. The molecule has 0 aliphatic heterocycles. The molecule has 2 heteroatoms. The summed E-state index contributed by atoms with van der Waals surface area (Å²) >= 11 is 0. The van der Waals surface area contributed by atoms with Crippen molar-refractivity contribution in [2.45, 2.75) is 33.2 Å². The van der Waals surface area contributed by atoms with E-state index in [1.165, 1.54) is 0 Å². The Balaban J connectivity index is 3.70. The molecule has 0 aromatic carbocycles. The lowest BCUT2D eigenvalue weighted by molar-refractivity contribution is 0.0856. The molecule has 0 saturated carbocycles. The molecule has 0 bridgehead atoms. The molecule has 0 aromatic rings. The van der Waals surface area contributed by atoms with Crippen LogP contribution >= 0.6 is 0 Å². The molecule has 0 aromatic heterocycles. The number of rotatable bonds is 5. The number of hydrogen-bond acceptors (Lipinski definition) is 1. The quantitative estimate of drug-likeness (QED) is 0.574. The van der Waals surface area contributed by atoms with E-state index >= 15 is 0 Å². The lowest BCUT2D eigenvalue weighted by atomic mass is 10.2. The molecule has 0 amide bonds. The Kier molecular flexibility index (Phi) is 5.64. The van der Waals surface area contributed by atoms with E-state index in [9.17, 15) is 5.11 Å². The monoisotopic (exact) mass is 144 g/mol. The van der Waals surface area contributed by atoms with Crippen molar-refractivity contribution in [2.75, 3.05) is 19.7 Å². The van der Waals surface area contributed by atoms with Gasteiger partial charge in [-0.15, -0.1) is 0 Å². The molecule has 0 N–H and O–H groups in total. The van der Waals surface area contributed by atoms with Crippen LogP contribution in [-0.2, 0) is 5.11 Å². The Morgan fingerprint density at radius 1 is 1.20 bits per heavy atom.